The van der Waals surface area contributed by atoms with E-state index in [0.29, 0.717) is 17.9 Å². The lowest BCUT2D eigenvalue weighted by atomic mass is 9.76. The molecular weight excluding hydrogens is 564 g/mol. The van der Waals surface area contributed by atoms with E-state index in [2.05, 4.69) is 11.4 Å². The minimum Gasteiger partial charge on any atom is -0.395 e. The Kier molecular flexibility index (Phi) is 12.0. The largest absolute Gasteiger partial charge is 0.395 e. The monoisotopic (exact) mass is 606 g/mol. The van der Waals surface area contributed by atoms with E-state index in [-0.39, 0.29) is 24.6 Å². The molecule has 1 aliphatic heterocycles. The van der Waals surface area contributed by atoms with Crippen LogP contribution in [0.4, 0.5) is 5.82 Å². The summed E-state index contributed by atoms with van der Waals surface area (Å²) in [4.78, 5) is 26.9. The molecule has 2 aliphatic rings. The Labute approximate surface area is 248 Å². The standard InChI is InChI=1S/C18H21N5O2.C10H21NO7/c1-21-17(24)9-16(22-8-4-7-15(20)12-22)23(18(21)25)11-14-6-3-2-5-13(14)10-19;12-2-5(3-13)11-6-1-10(18,4-14)9(17)8(16)7(6)15/h2-3,5-6,9,15H,4,7-8,11-12,20H2,1H3;5-9,11-18H,1-4H2/t15-;6-,7-,8+,9-,10-/m10/s1. The lowest BCUT2D eigenvalue weighted by Crippen LogP contribution is -2.68. The third kappa shape index (κ3) is 7.87. The molecule has 0 spiro atoms. The number of nitrogens with zero attached hydrogens (tertiary/aromatic N) is 4. The van der Waals surface area contributed by atoms with Crippen molar-refractivity contribution >= 4 is 5.82 Å². The molecule has 0 unspecified atom stereocenters. The first-order chi connectivity index (χ1) is 20.4. The number of nitrogens with one attached hydrogen (secondary N) is 1. The fourth-order valence-electron chi connectivity index (χ4n) is 5.37. The fraction of sp³-hybridized carbons (Fsp3) is 0.607. The van der Waals surface area contributed by atoms with Gasteiger partial charge in [-0.2, -0.15) is 5.26 Å². The van der Waals surface area contributed by atoms with E-state index >= 15 is 0 Å². The molecule has 4 rings (SSSR count). The molecule has 1 saturated carbocycles. The summed E-state index contributed by atoms with van der Waals surface area (Å²) in [6.07, 6.45) is -3.06. The van der Waals surface area contributed by atoms with E-state index in [9.17, 15) is 35.3 Å². The predicted octanol–water partition coefficient (Wildman–Crippen LogP) is -4.10. The van der Waals surface area contributed by atoms with Crippen LogP contribution in [-0.4, -0.2) is 120 Å². The first-order valence-corrected chi connectivity index (χ1v) is 14.0. The molecular formula is C28H42N6O9. The van der Waals surface area contributed by atoms with Gasteiger partial charge in [0.1, 0.15) is 23.6 Å². The number of nitriles is 1. The van der Waals surface area contributed by atoms with Crippen LogP contribution in [0.2, 0.25) is 0 Å². The summed E-state index contributed by atoms with van der Waals surface area (Å²) in [6.45, 7) is 0.0232. The second kappa shape index (κ2) is 15.0. The molecule has 2 aromatic rings. The van der Waals surface area contributed by atoms with E-state index in [1.807, 2.05) is 17.0 Å². The zero-order valence-corrected chi connectivity index (χ0v) is 24.0. The molecule has 15 nitrogen and oxygen atoms in total. The summed E-state index contributed by atoms with van der Waals surface area (Å²) in [5, 5.41) is 77.7. The smallest absolute Gasteiger partial charge is 0.332 e. The molecule has 10 N–H and O–H groups in total. The van der Waals surface area contributed by atoms with Crippen molar-refractivity contribution in [2.45, 2.75) is 67.8 Å². The number of aliphatic hydroxyl groups is 7. The number of hydrogen-bond donors (Lipinski definition) is 9. The molecule has 2 fully saturated rings. The Morgan fingerprint density at radius 2 is 1.81 bits per heavy atom. The number of hydrogen-bond acceptors (Lipinski definition) is 13. The number of aliphatic hydroxyl groups excluding tert-OH is 6. The van der Waals surface area contributed by atoms with E-state index in [4.69, 9.17) is 21.1 Å². The van der Waals surface area contributed by atoms with Crippen LogP contribution in [-0.2, 0) is 13.6 Å². The van der Waals surface area contributed by atoms with Gasteiger partial charge in [-0.3, -0.25) is 13.9 Å². The molecule has 43 heavy (non-hydrogen) atoms. The second-order valence-corrected chi connectivity index (χ2v) is 11.1. The highest BCUT2D eigenvalue weighted by Crippen LogP contribution is 2.29. The number of piperidine rings is 1. The molecule has 0 amide bonds. The van der Waals surface area contributed by atoms with Crippen molar-refractivity contribution < 1.29 is 35.7 Å². The van der Waals surface area contributed by atoms with Crippen molar-refractivity contribution in [3.63, 3.8) is 0 Å². The van der Waals surface area contributed by atoms with Crippen molar-refractivity contribution in [3.05, 3.63) is 62.3 Å². The lowest BCUT2D eigenvalue weighted by Gasteiger charge is -2.46. The van der Waals surface area contributed by atoms with Crippen LogP contribution in [0.15, 0.2) is 39.9 Å². The van der Waals surface area contributed by atoms with Crippen LogP contribution in [0.1, 0.15) is 30.4 Å². The summed E-state index contributed by atoms with van der Waals surface area (Å²) in [5.74, 6) is 0.566. The van der Waals surface area contributed by atoms with Gasteiger partial charge in [0.15, 0.2) is 0 Å². The molecule has 1 saturated heterocycles. The highest BCUT2D eigenvalue weighted by atomic mass is 16.4. The molecule has 0 bridgehead atoms. The topological polar surface area (TPSA) is 251 Å². The maximum Gasteiger partial charge on any atom is 0.332 e. The van der Waals surface area contributed by atoms with Crippen LogP contribution in [0.5, 0.6) is 0 Å². The molecule has 238 valence electrons. The molecule has 2 heterocycles. The Balaban J connectivity index is 0.000000250. The first kappa shape index (κ1) is 34.3. The molecule has 1 aromatic heterocycles. The number of nitrogens with two attached hydrogens (primary N) is 1. The summed E-state index contributed by atoms with van der Waals surface area (Å²) in [5.41, 5.74) is 4.65. The number of anilines is 1. The van der Waals surface area contributed by atoms with E-state index in [1.165, 1.54) is 13.1 Å². The molecule has 1 aliphatic carbocycles. The van der Waals surface area contributed by atoms with Crippen molar-refractivity contribution in [2.24, 2.45) is 12.8 Å². The summed E-state index contributed by atoms with van der Waals surface area (Å²) >= 11 is 0. The predicted molar refractivity (Wildman–Crippen MR) is 155 cm³/mol. The van der Waals surface area contributed by atoms with Gasteiger partial charge >= 0.3 is 5.69 Å². The van der Waals surface area contributed by atoms with Gasteiger partial charge in [-0.05, 0) is 30.9 Å². The van der Waals surface area contributed by atoms with Gasteiger partial charge in [-0.1, -0.05) is 18.2 Å². The third-order valence-electron chi connectivity index (χ3n) is 8.00. The quantitative estimate of drug-likeness (QED) is 0.139. The van der Waals surface area contributed by atoms with Crippen molar-refractivity contribution in [1.82, 2.24) is 14.5 Å². The summed E-state index contributed by atoms with van der Waals surface area (Å²) in [6, 6.07) is 9.22. The van der Waals surface area contributed by atoms with Crippen LogP contribution in [0, 0.1) is 11.3 Å². The molecule has 15 heteroatoms. The van der Waals surface area contributed by atoms with Crippen molar-refractivity contribution in [2.75, 3.05) is 37.8 Å². The van der Waals surface area contributed by atoms with Crippen LogP contribution < -0.4 is 27.2 Å². The normalized spacial score (nSPS) is 27.4. The molecule has 1 aromatic carbocycles. The van der Waals surface area contributed by atoms with E-state index in [0.717, 1.165) is 29.5 Å². The van der Waals surface area contributed by atoms with Gasteiger partial charge in [0, 0.05) is 38.3 Å². The van der Waals surface area contributed by atoms with E-state index in [1.54, 1.807) is 16.7 Å². The Hall–Kier alpha value is -3.17. The van der Waals surface area contributed by atoms with Gasteiger partial charge in [0.05, 0.1) is 50.1 Å². The van der Waals surface area contributed by atoms with Gasteiger partial charge in [-0.15, -0.1) is 0 Å². The number of aromatic nitrogens is 2. The zero-order chi connectivity index (χ0) is 31.9. The Morgan fingerprint density at radius 1 is 1.14 bits per heavy atom. The first-order valence-electron chi connectivity index (χ1n) is 14.0. The number of rotatable bonds is 8. The van der Waals surface area contributed by atoms with Crippen molar-refractivity contribution in [3.8, 4) is 6.07 Å². The molecule has 6 atom stereocenters. The van der Waals surface area contributed by atoms with E-state index < -0.39 is 61.5 Å². The number of benzene rings is 1. The SMILES string of the molecule is Cn1c(=O)cc(N2CCC[C@@H](N)C2)n(Cc2ccccc2C#N)c1=O.OCC(CO)N[C@H]1C[C@](O)(CO)[C@@H](O)[C@H](O)[C@H]1O. The minimum absolute atomic E-state index is 0.0211. The average Bonchev–Trinajstić information content (AvgIpc) is 3.01. The van der Waals surface area contributed by atoms with Crippen LogP contribution >= 0.6 is 0 Å². The Morgan fingerprint density at radius 3 is 2.42 bits per heavy atom. The van der Waals surface area contributed by atoms with Crippen LogP contribution in [0.3, 0.4) is 0 Å². The van der Waals surface area contributed by atoms with Gasteiger partial charge in [0.25, 0.3) is 5.56 Å². The Bertz CT molecular complexity index is 1370. The zero-order valence-electron chi connectivity index (χ0n) is 24.0. The molecule has 0 radical (unpaired) electrons. The van der Waals surface area contributed by atoms with Crippen LogP contribution in [0.25, 0.3) is 0 Å². The van der Waals surface area contributed by atoms with Gasteiger partial charge in [0.2, 0.25) is 0 Å². The third-order valence-corrected chi connectivity index (χ3v) is 8.00. The highest BCUT2D eigenvalue weighted by molar-refractivity contribution is 5.42. The lowest BCUT2D eigenvalue weighted by molar-refractivity contribution is -0.207. The summed E-state index contributed by atoms with van der Waals surface area (Å²) < 4.78 is 2.64. The van der Waals surface area contributed by atoms with Crippen molar-refractivity contribution in [1.29, 1.82) is 5.26 Å². The maximum absolute atomic E-state index is 12.7. The highest BCUT2D eigenvalue weighted by Gasteiger charge is 2.51. The fourth-order valence-corrected chi connectivity index (χ4v) is 5.37. The average molecular weight is 607 g/mol. The van der Waals surface area contributed by atoms with Gasteiger partial charge in [-0.25, -0.2) is 4.79 Å². The summed E-state index contributed by atoms with van der Waals surface area (Å²) in [7, 11) is 1.46. The minimum atomic E-state index is -1.94. The second-order valence-electron chi connectivity index (χ2n) is 11.1. The van der Waals surface area contributed by atoms with Gasteiger partial charge < -0.3 is 51.7 Å². The maximum atomic E-state index is 12.7.